The fraction of sp³-hybridized carbons (Fsp3) is 0.611. The maximum atomic E-state index is 12.6. The third-order valence-corrected chi connectivity index (χ3v) is 3.82. The fourth-order valence-corrected chi connectivity index (χ4v) is 2.60. The van der Waals surface area contributed by atoms with E-state index in [9.17, 15) is 18.0 Å². The van der Waals surface area contributed by atoms with Crippen molar-refractivity contribution in [3.63, 3.8) is 0 Å². The molecule has 0 aliphatic rings. The summed E-state index contributed by atoms with van der Waals surface area (Å²) >= 11 is 0. The van der Waals surface area contributed by atoms with Crippen molar-refractivity contribution >= 4 is 5.97 Å². The Balaban J connectivity index is 2.28. The van der Waals surface area contributed by atoms with Crippen LogP contribution < -0.4 is 5.32 Å². The minimum atomic E-state index is -4.31. The molecule has 1 rings (SSSR count). The first-order chi connectivity index (χ1) is 11.2. The van der Waals surface area contributed by atoms with Gasteiger partial charge in [-0.2, -0.15) is 13.2 Å². The van der Waals surface area contributed by atoms with Gasteiger partial charge in [0.25, 0.3) is 0 Å². The number of hydrogen-bond acceptors (Lipinski definition) is 2. The highest BCUT2D eigenvalue weighted by molar-refractivity contribution is 5.70. The number of nitrogens with one attached hydrogen (secondary N) is 1. The summed E-state index contributed by atoms with van der Waals surface area (Å²) in [4.78, 5) is 11.1. The third kappa shape index (κ3) is 7.81. The molecule has 24 heavy (non-hydrogen) atoms. The van der Waals surface area contributed by atoms with Crippen LogP contribution in [0.2, 0.25) is 0 Å². The zero-order valence-corrected chi connectivity index (χ0v) is 14.2. The molecule has 1 aromatic carbocycles. The maximum Gasteiger partial charge on any atom is 0.416 e. The van der Waals surface area contributed by atoms with Crippen molar-refractivity contribution in [2.24, 2.45) is 11.8 Å². The van der Waals surface area contributed by atoms with Crippen LogP contribution in [0.4, 0.5) is 13.2 Å². The van der Waals surface area contributed by atoms with Crippen LogP contribution in [0, 0.1) is 11.8 Å². The van der Waals surface area contributed by atoms with Crippen LogP contribution in [-0.4, -0.2) is 24.2 Å². The molecule has 2 N–H and O–H groups in total. The summed E-state index contributed by atoms with van der Waals surface area (Å²) in [6, 6.07) is 5.40. The molecule has 0 saturated heterocycles. The van der Waals surface area contributed by atoms with Gasteiger partial charge in [0, 0.05) is 6.54 Å². The molecule has 136 valence electrons. The summed E-state index contributed by atoms with van der Waals surface area (Å²) in [7, 11) is 0. The normalized spacial score (nSPS) is 13.2. The van der Waals surface area contributed by atoms with Gasteiger partial charge in [-0.1, -0.05) is 32.0 Å². The average Bonchev–Trinajstić information content (AvgIpc) is 2.48. The number of carboxylic acid groups (broad SMARTS) is 1. The predicted octanol–water partition coefficient (Wildman–Crippen LogP) is 4.36. The van der Waals surface area contributed by atoms with Crippen LogP contribution >= 0.6 is 0 Å². The SMILES string of the molecule is CC(C)CC(CNCCCCc1cccc(C(F)(F)F)c1)C(=O)O. The Kier molecular flexibility index (Phi) is 8.25. The molecule has 1 atom stereocenters. The molecule has 3 nitrogen and oxygen atoms in total. The zero-order valence-electron chi connectivity index (χ0n) is 14.2. The summed E-state index contributed by atoms with van der Waals surface area (Å²) in [6.07, 6.45) is -1.53. The summed E-state index contributed by atoms with van der Waals surface area (Å²) in [5.74, 6) is -0.859. The van der Waals surface area contributed by atoms with Crippen molar-refractivity contribution in [3.8, 4) is 0 Å². The Morgan fingerprint density at radius 3 is 2.54 bits per heavy atom. The molecule has 0 bridgehead atoms. The molecular weight excluding hydrogens is 319 g/mol. The molecular formula is C18H26F3NO2. The first-order valence-corrected chi connectivity index (χ1v) is 8.29. The predicted molar refractivity (Wildman–Crippen MR) is 87.8 cm³/mol. The molecule has 1 unspecified atom stereocenters. The van der Waals surface area contributed by atoms with E-state index in [0.717, 1.165) is 18.9 Å². The number of benzene rings is 1. The van der Waals surface area contributed by atoms with Gasteiger partial charge in [0.2, 0.25) is 0 Å². The number of carboxylic acids is 1. The van der Waals surface area contributed by atoms with Crippen molar-refractivity contribution in [1.29, 1.82) is 0 Å². The number of unbranched alkanes of at least 4 members (excludes halogenated alkanes) is 1. The second-order valence-electron chi connectivity index (χ2n) is 6.52. The van der Waals surface area contributed by atoms with Crippen molar-refractivity contribution in [1.82, 2.24) is 5.32 Å². The Labute approximate surface area is 141 Å². The lowest BCUT2D eigenvalue weighted by atomic mass is 9.97. The first kappa shape index (κ1) is 20.5. The van der Waals surface area contributed by atoms with Gasteiger partial charge < -0.3 is 10.4 Å². The molecule has 0 aliphatic heterocycles. The number of aliphatic carboxylic acids is 1. The number of carbonyl (C=O) groups is 1. The van der Waals surface area contributed by atoms with Gasteiger partial charge >= 0.3 is 12.1 Å². The molecule has 0 fully saturated rings. The van der Waals surface area contributed by atoms with Gasteiger partial charge in [-0.3, -0.25) is 4.79 Å². The zero-order chi connectivity index (χ0) is 18.2. The van der Waals surface area contributed by atoms with Crippen molar-refractivity contribution in [3.05, 3.63) is 35.4 Å². The van der Waals surface area contributed by atoms with Crippen molar-refractivity contribution in [2.75, 3.05) is 13.1 Å². The monoisotopic (exact) mass is 345 g/mol. The van der Waals surface area contributed by atoms with E-state index in [1.165, 1.54) is 12.1 Å². The van der Waals surface area contributed by atoms with Gasteiger partial charge in [0.1, 0.15) is 0 Å². The molecule has 0 radical (unpaired) electrons. The van der Waals surface area contributed by atoms with E-state index in [4.69, 9.17) is 5.11 Å². The van der Waals surface area contributed by atoms with Crippen LogP contribution in [0.25, 0.3) is 0 Å². The number of hydrogen-bond donors (Lipinski definition) is 2. The van der Waals surface area contributed by atoms with E-state index in [0.29, 0.717) is 37.4 Å². The van der Waals surface area contributed by atoms with E-state index in [1.807, 2.05) is 13.8 Å². The average molecular weight is 345 g/mol. The highest BCUT2D eigenvalue weighted by Gasteiger charge is 2.30. The third-order valence-electron chi connectivity index (χ3n) is 3.82. The van der Waals surface area contributed by atoms with Gasteiger partial charge in [-0.05, 0) is 49.8 Å². The molecule has 0 aromatic heterocycles. The lowest BCUT2D eigenvalue weighted by Crippen LogP contribution is -2.30. The molecule has 0 spiro atoms. The van der Waals surface area contributed by atoms with Crippen LogP contribution in [0.15, 0.2) is 24.3 Å². The highest BCUT2D eigenvalue weighted by Crippen LogP contribution is 2.29. The quantitative estimate of drug-likeness (QED) is 0.619. The van der Waals surface area contributed by atoms with Crippen LogP contribution in [0.3, 0.4) is 0 Å². The van der Waals surface area contributed by atoms with E-state index in [-0.39, 0.29) is 0 Å². The Bertz CT molecular complexity index is 515. The second-order valence-corrected chi connectivity index (χ2v) is 6.52. The van der Waals surface area contributed by atoms with Crippen molar-refractivity contribution < 1.29 is 23.1 Å². The Morgan fingerprint density at radius 1 is 1.25 bits per heavy atom. The summed E-state index contributed by atoms with van der Waals surface area (Å²) < 4.78 is 37.9. The maximum absolute atomic E-state index is 12.6. The van der Waals surface area contributed by atoms with E-state index in [1.54, 1.807) is 6.07 Å². The number of aryl methyl sites for hydroxylation is 1. The smallest absolute Gasteiger partial charge is 0.416 e. The number of halogens is 3. The Morgan fingerprint density at radius 2 is 1.96 bits per heavy atom. The van der Waals surface area contributed by atoms with Crippen LogP contribution in [0.1, 0.15) is 44.2 Å². The van der Waals surface area contributed by atoms with Crippen molar-refractivity contribution in [2.45, 2.75) is 45.7 Å². The largest absolute Gasteiger partial charge is 0.481 e. The number of rotatable bonds is 10. The fourth-order valence-electron chi connectivity index (χ4n) is 2.60. The minimum Gasteiger partial charge on any atom is -0.481 e. The topological polar surface area (TPSA) is 49.3 Å². The lowest BCUT2D eigenvalue weighted by molar-refractivity contribution is -0.142. The molecule has 0 aliphatic carbocycles. The highest BCUT2D eigenvalue weighted by atomic mass is 19.4. The first-order valence-electron chi connectivity index (χ1n) is 8.29. The molecule has 0 amide bonds. The van der Waals surface area contributed by atoms with E-state index < -0.39 is 23.6 Å². The summed E-state index contributed by atoms with van der Waals surface area (Å²) in [5.41, 5.74) is 0.0594. The lowest BCUT2D eigenvalue weighted by Gasteiger charge is -2.15. The van der Waals surface area contributed by atoms with Gasteiger partial charge in [-0.15, -0.1) is 0 Å². The standard InChI is InChI=1S/C18H26F3NO2/c1-13(2)10-15(17(23)24)12-22-9-4-3-6-14-7-5-8-16(11-14)18(19,20)21/h5,7-8,11,13,15,22H,3-4,6,9-10,12H2,1-2H3,(H,23,24). The van der Waals surface area contributed by atoms with Crippen LogP contribution in [0.5, 0.6) is 0 Å². The summed E-state index contributed by atoms with van der Waals surface area (Å²) in [6.45, 7) is 5.08. The molecule has 0 saturated carbocycles. The van der Waals surface area contributed by atoms with Crippen LogP contribution in [-0.2, 0) is 17.4 Å². The van der Waals surface area contributed by atoms with E-state index >= 15 is 0 Å². The van der Waals surface area contributed by atoms with Gasteiger partial charge in [-0.25, -0.2) is 0 Å². The molecule has 0 heterocycles. The molecule has 1 aromatic rings. The minimum absolute atomic E-state index is 0.328. The Hall–Kier alpha value is -1.56. The molecule has 6 heteroatoms. The number of alkyl halides is 3. The summed E-state index contributed by atoms with van der Waals surface area (Å²) in [5, 5.41) is 12.3. The van der Waals surface area contributed by atoms with E-state index in [2.05, 4.69) is 5.32 Å². The van der Waals surface area contributed by atoms with Gasteiger partial charge in [0.15, 0.2) is 0 Å². The van der Waals surface area contributed by atoms with Gasteiger partial charge in [0.05, 0.1) is 11.5 Å². The second kappa shape index (κ2) is 9.67.